The molecule has 2 rings (SSSR count). The molecule has 1 aromatic rings. The van der Waals surface area contributed by atoms with Gasteiger partial charge >= 0.3 is 0 Å². The average Bonchev–Trinajstić information content (AvgIpc) is 2.58. The molecule has 5 heteroatoms. The summed E-state index contributed by atoms with van der Waals surface area (Å²) in [7, 11) is 3.04. The fourth-order valence-electron chi connectivity index (χ4n) is 1.47. The Kier molecular flexibility index (Phi) is 3.19. The highest BCUT2D eigenvalue weighted by molar-refractivity contribution is 8.18. The molecule has 0 radical (unpaired) electrons. The summed E-state index contributed by atoms with van der Waals surface area (Å²) in [4.78, 5) is 24.6. The molecule has 0 aromatic heterocycles. The van der Waals surface area contributed by atoms with Gasteiger partial charge in [0.05, 0.1) is 12.0 Å². The van der Waals surface area contributed by atoms with Crippen LogP contribution >= 0.6 is 11.8 Å². The summed E-state index contributed by atoms with van der Waals surface area (Å²) < 4.78 is 5.18. The molecule has 1 heterocycles. The van der Waals surface area contributed by atoms with Gasteiger partial charge in [-0.15, -0.1) is 0 Å². The van der Waals surface area contributed by atoms with Crippen molar-refractivity contribution in [3.05, 3.63) is 34.7 Å². The van der Waals surface area contributed by atoms with E-state index < -0.39 is 0 Å². The second-order valence-electron chi connectivity index (χ2n) is 3.48. The number of rotatable bonds is 2. The molecule has 0 bridgehead atoms. The third kappa shape index (κ3) is 2.19. The zero-order valence-electron chi connectivity index (χ0n) is 9.47. The SMILES string of the molecule is COc1ccccc1/C=C1\SC(=O)N(C)C1=O. The maximum atomic E-state index is 11.7. The number of thioether (sulfide) groups is 1. The predicted molar refractivity (Wildman–Crippen MR) is 66.7 cm³/mol. The highest BCUT2D eigenvalue weighted by Crippen LogP contribution is 2.32. The monoisotopic (exact) mass is 249 g/mol. The van der Waals surface area contributed by atoms with Gasteiger partial charge in [-0.25, -0.2) is 0 Å². The fraction of sp³-hybridized carbons (Fsp3) is 0.167. The van der Waals surface area contributed by atoms with E-state index in [-0.39, 0.29) is 11.1 Å². The number of benzene rings is 1. The molecular formula is C12H11NO3S. The van der Waals surface area contributed by atoms with Crippen LogP contribution in [0.1, 0.15) is 5.56 Å². The normalized spacial score (nSPS) is 18.0. The number of imide groups is 1. The van der Waals surface area contributed by atoms with Crippen LogP contribution in [0.4, 0.5) is 4.79 Å². The van der Waals surface area contributed by atoms with Crippen LogP contribution < -0.4 is 4.74 Å². The Morgan fingerprint density at radius 1 is 1.29 bits per heavy atom. The summed E-state index contributed by atoms with van der Waals surface area (Å²) in [5, 5.41) is -0.254. The number of methoxy groups -OCH3 is 1. The van der Waals surface area contributed by atoms with Gasteiger partial charge < -0.3 is 4.74 Å². The zero-order chi connectivity index (χ0) is 12.4. The number of nitrogens with zero attached hydrogens (tertiary/aromatic N) is 1. The Morgan fingerprint density at radius 2 is 2.00 bits per heavy atom. The average molecular weight is 249 g/mol. The molecule has 4 nitrogen and oxygen atoms in total. The zero-order valence-corrected chi connectivity index (χ0v) is 10.3. The first kappa shape index (κ1) is 11.7. The van der Waals surface area contributed by atoms with Crippen molar-refractivity contribution in [2.75, 3.05) is 14.2 Å². The highest BCUT2D eigenvalue weighted by atomic mass is 32.2. The first-order valence-electron chi connectivity index (χ1n) is 4.98. The highest BCUT2D eigenvalue weighted by Gasteiger charge is 2.31. The largest absolute Gasteiger partial charge is 0.496 e. The molecule has 1 aliphatic rings. The van der Waals surface area contributed by atoms with Crippen molar-refractivity contribution >= 4 is 29.0 Å². The molecule has 0 N–H and O–H groups in total. The van der Waals surface area contributed by atoms with Crippen molar-refractivity contribution in [2.24, 2.45) is 0 Å². The molecular weight excluding hydrogens is 238 g/mol. The summed E-state index contributed by atoms with van der Waals surface area (Å²) in [5.74, 6) is 0.404. The molecule has 0 spiro atoms. The van der Waals surface area contributed by atoms with Crippen LogP contribution in [0.5, 0.6) is 5.75 Å². The second kappa shape index (κ2) is 4.63. The standard InChI is InChI=1S/C12H11NO3S/c1-13-11(14)10(17-12(13)15)7-8-5-3-4-6-9(8)16-2/h3-7H,1-2H3/b10-7-. The molecule has 0 saturated carbocycles. The Bertz CT molecular complexity index is 510. The van der Waals surface area contributed by atoms with Crippen LogP contribution in [0.15, 0.2) is 29.2 Å². The maximum absolute atomic E-state index is 11.7. The molecule has 17 heavy (non-hydrogen) atoms. The van der Waals surface area contributed by atoms with Crippen molar-refractivity contribution < 1.29 is 14.3 Å². The topological polar surface area (TPSA) is 46.6 Å². The lowest BCUT2D eigenvalue weighted by atomic mass is 10.2. The first-order valence-corrected chi connectivity index (χ1v) is 5.79. The number of hydrogen-bond acceptors (Lipinski definition) is 4. The molecule has 2 amide bonds. The van der Waals surface area contributed by atoms with Crippen LogP contribution in [0, 0.1) is 0 Å². The minimum Gasteiger partial charge on any atom is -0.496 e. The van der Waals surface area contributed by atoms with Crippen LogP contribution in [-0.4, -0.2) is 30.2 Å². The van der Waals surface area contributed by atoms with E-state index in [4.69, 9.17) is 4.74 Å². The third-order valence-corrected chi connectivity index (χ3v) is 3.37. The van der Waals surface area contributed by atoms with Crippen LogP contribution in [0.3, 0.4) is 0 Å². The van der Waals surface area contributed by atoms with Crippen LogP contribution in [0.25, 0.3) is 6.08 Å². The van der Waals surface area contributed by atoms with Gasteiger partial charge in [-0.1, -0.05) is 18.2 Å². The van der Waals surface area contributed by atoms with Crippen molar-refractivity contribution in [1.82, 2.24) is 4.90 Å². The van der Waals surface area contributed by atoms with Gasteiger partial charge in [0.1, 0.15) is 5.75 Å². The fourth-order valence-corrected chi connectivity index (χ4v) is 2.29. The minimum absolute atomic E-state index is 0.254. The van der Waals surface area contributed by atoms with Gasteiger partial charge in [0.2, 0.25) is 0 Å². The van der Waals surface area contributed by atoms with Crippen LogP contribution in [0.2, 0.25) is 0 Å². The summed E-state index contributed by atoms with van der Waals surface area (Å²) >= 11 is 0.939. The van der Waals surface area contributed by atoms with Crippen molar-refractivity contribution in [1.29, 1.82) is 0 Å². The smallest absolute Gasteiger partial charge is 0.293 e. The number of carbonyl (C=O) groups excluding carboxylic acids is 2. The number of para-hydroxylation sites is 1. The lowest BCUT2D eigenvalue weighted by Gasteiger charge is -2.04. The third-order valence-electron chi connectivity index (χ3n) is 2.41. The van der Waals surface area contributed by atoms with E-state index in [0.29, 0.717) is 10.7 Å². The molecule has 1 saturated heterocycles. The second-order valence-corrected chi connectivity index (χ2v) is 4.48. The van der Waals surface area contributed by atoms with E-state index in [1.807, 2.05) is 24.3 Å². The van der Waals surface area contributed by atoms with E-state index in [9.17, 15) is 9.59 Å². The van der Waals surface area contributed by atoms with E-state index in [1.54, 1.807) is 13.2 Å². The van der Waals surface area contributed by atoms with Crippen molar-refractivity contribution in [2.45, 2.75) is 0 Å². The van der Waals surface area contributed by atoms with Crippen molar-refractivity contribution in [3.8, 4) is 5.75 Å². The van der Waals surface area contributed by atoms with Crippen LogP contribution in [-0.2, 0) is 4.79 Å². The molecule has 1 fully saturated rings. The molecule has 1 aromatic carbocycles. The maximum Gasteiger partial charge on any atom is 0.293 e. The van der Waals surface area contributed by atoms with Gasteiger partial charge in [-0.3, -0.25) is 14.5 Å². The Balaban J connectivity index is 2.37. The quantitative estimate of drug-likeness (QED) is 0.755. The number of ether oxygens (including phenoxy) is 1. The van der Waals surface area contributed by atoms with E-state index in [1.165, 1.54) is 7.05 Å². The Morgan fingerprint density at radius 3 is 2.59 bits per heavy atom. The summed E-state index contributed by atoms with van der Waals surface area (Å²) in [6.45, 7) is 0. The molecule has 88 valence electrons. The summed E-state index contributed by atoms with van der Waals surface area (Å²) in [6, 6.07) is 7.34. The predicted octanol–water partition coefficient (Wildman–Crippen LogP) is 2.36. The summed E-state index contributed by atoms with van der Waals surface area (Å²) in [5.41, 5.74) is 0.786. The van der Waals surface area contributed by atoms with Gasteiger partial charge in [-0.05, 0) is 23.9 Å². The van der Waals surface area contributed by atoms with E-state index in [2.05, 4.69) is 0 Å². The van der Waals surface area contributed by atoms with Gasteiger partial charge in [0.15, 0.2) is 0 Å². The summed E-state index contributed by atoms with van der Waals surface area (Å²) in [6.07, 6.45) is 1.67. The lowest BCUT2D eigenvalue weighted by Crippen LogP contribution is -2.22. The van der Waals surface area contributed by atoms with E-state index >= 15 is 0 Å². The van der Waals surface area contributed by atoms with E-state index in [0.717, 1.165) is 22.2 Å². The molecule has 0 atom stereocenters. The lowest BCUT2D eigenvalue weighted by molar-refractivity contribution is -0.121. The number of likely N-dealkylation sites (N-methyl/N-ethyl adjacent to an activating group) is 1. The molecule has 0 unspecified atom stereocenters. The van der Waals surface area contributed by atoms with Gasteiger partial charge in [0.25, 0.3) is 11.1 Å². The number of carbonyl (C=O) groups is 2. The Hall–Kier alpha value is -1.75. The molecule has 1 aliphatic heterocycles. The number of hydrogen-bond donors (Lipinski definition) is 0. The minimum atomic E-state index is -0.272. The first-order chi connectivity index (χ1) is 8.13. The van der Waals surface area contributed by atoms with Gasteiger partial charge in [0, 0.05) is 12.6 Å². The van der Waals surface area contributed by atoms with Crippen molar-refractivity contribution in [3.63, 3.8) is 0 Å². The number of amides is 2. The van der Waals surface area contributed by atoms with Gasteiger partial charge in [-0.2, -0.15) is 0 Å². The molecule has 0 aliphatic carbocycles. The Labute approximate surface area is 103 Å².